The Labute approximate surface area is 120 Å². The number of phenols is 1. The van der Waals surface area contributed by atoms with Gasteiger partial charge in [-0.05, 0) is 24.3 Å². The fourth-order valence-electron chi connectivity index (χ4n) is 1.99. The van der Waals surface area contributed by atoms with Gasteiger partial charge in [-0.3, -0.25) is 4.79 Å². The molecule has 0 aliphatic rings. The molecule has 3 N–H and O–H groups in total. The molecule has 4 nitrogen and oxygen atoms in total. The highest BCUT2D eigenvalue weighted by Gasteiger charge is 2.11. The van der Waals surface area contributed by atoms with Gasteiger partial charge < -0.3 is 15.4 Å². The van der Waals surface area contributed by atoms with Crippen LogP contribution in [0, 0.1) is 0 Å². The van der Waals surface area contributed by atoms with E-state index in [-0.39, 0.29) is 16.7 Å². The van der Waals surface area contributed by atoms with Gasteiger partial charge in [0.25, 0.3) is 5.91 Å². The fraction of sp³-hybridized carbons (Fsp3) is 0. The Kier molecular flexibility index (Phi) is 3.08. The van der Waals surface area contributed by atoms with Crippen LogP contribution in [0.15, 0.2) is 48.5 Å². The van der Waals surface area contributed by atoms with Gasteiger partial charge in [0.15, 0.2) is 0 Å². The number of amides is 1. The number of para-hydroxylation sites is 1. The fourth-order valence-corrected chi connectivity index (χ4v) is 2.21. The third-order valence-corrected chi connectivity index (χ3v) is 3.29. The van der Waals surface area contributed by atoms with Crippen LogP contribution < -0.4 is 5.32 Å². The van der Waals surface area contributed by atoms with Gasteiger partial charge >= 0.3 is 0 Å². The molecule has 3 aromatic rings. The van der Waals surface area contributed by atoms with Crippen molar-refractivity contribution in [2.75, 3.05) is 5.32 Å². The van der Waals surface area contributed by atoms with Gasteiger partial charge in [0.05, 0.1) is 10.7 Å². The quantitative estimate of drug-likeness (QED) is 0.628. The number of phenolic OH excluding ortho intramolecular Hbond substituents is 1. The summed E-state index contributed by atoms with van der Waals surface area (Å²) in [5, 5.41) is 13.2. The molecule has 0 aliphatic carbocycles. The summed E-state index contributed by atoms with van der Waals surface area (Å²) < 4.78 is 0. The summed E-state index contributed by atoms with van der Waals surface area (Å²) in [6.45, 7) is 0. The van der Waals surface area contributed by atoms with Crippen molar-refractivity contribution in [1.82, 2.24) is 4.98 Å². The van der Waals surface area contributed by atoms with E-state index in [0.29, 0.717) is 11.4 Å². The Balaban J connectivity index is 1.89. The van der Waals surface area contributed by atoms with E-state index < -0.39 is 0 Å². The zero-order chi connectivity index (χ0) is 14.1. The number of benzene rings is 2. The van der Waals surface area contributed by atoms with E-state index in [1.165, 1.54) is 12.1 Å². The lowest BCUT2D eigenvalue weighted by atomic mass is 10.2. The summed E-state index contributed by atoms with van der Waals surface area (Å²) in [5.74, 6) is -0.229. The van der Waals surface area contributed by atoms with Crippen LogP contribution in [0.1, 0.15) is 10.5 Å². The molecule has 0 spiro atoms. The molecule has 0 unspecified atom stereocenters. The molecular formula is C15H11ClN2O2. The molecule has 1 aromatic heterocycles. The van der Waals surface area contributed by atoms with Crippen LogP contribution >= 0.6 is 11.6 Å². The molecule has 0 saturated heterocycles. The molecule has 0 aliphatic heterocycles. The van der Waals surface area contributed by atoms with Crippen molar-refractivity contribution in [2.24, 2.45) is 0 Å². The first-order valence-corrected chi connectivity index (χ1v) is 6.39. The third-order valence-electron chi connectivity index (χ3n) is 2.98. The highest BCUT2D eigenvalue weighted by molar-refractivity contribution is 6.34. The van der Waals surface area contributed by atoms with Crippen LogP contribution in [-0.4, -0.2) is 16.0 Å². The van der Waals surface area contributed by atoms with Crippen LogP contribution in [0.3, 0.4) is 0 Å². The summed E-state index contributed by atoms with van der Waals surface area (Å²) in [7, 11) is 0. The Hall–Kier alpha value is -2.46. The number of aromatic hydroxyl groups is 1. The summed E-state index contributed by atoms with van der Waals surface area (Å²) >= 11 is 5.95. The summed E-state index contributed by atoms with van der Waals surface area (Å²) in [4.78, 5) is 15.2. The monoisotopic (exact) mass is 286 g/mol. The van der Waals surface area contributed by atoms with Gasteiger partial charge in [0, 0.05) is 17.0 Å². The predicted octanol–water partition coefficient (Wildman–Crippen LogP) is 3.78. The molecule has 20 heavy (non-hydrogen) atoms. The molecule has 100 valence electrons. The van der Waals surface area contributed by atoms with Gasteiger partial charge in [0.1, 0.15) is 11.4 Å². The number of fused-ring (bicyclic) bond motifs is 1. The summed E-state index contributed by atoms with van der Waals surface area (Å²) in [5.41, 5.74) is 1.80. The summed E-state index contributed by atoms with van der Waals surface area (Å²) in [6, 6.07) is 13.8. The lowest BCUT2D eigenvalue weighted by Gasteiger charge is -2.06. The number of anilines is 1. The number of halogens is 1. The van der Waals surface area contributed by atoms with E-state index in [2.05, 4.69) is 10.3 Å². The second-order valence-corrected chi connectivity index (χ2v) is 4.80. The minimum Gasteiger partial charge on any atom is -0.508 e. The Morgan fingerprint density at radius 1 is 1.15 bits per heavy atom. The molecule has 1 heterocycles. The van der Waals surface area contributed by atoms with Crippen molar-refractivity contribution >= 4 is 34.1 Å². The molecule has 3 rings (SSSR count). The first kappa shape index (κ1) is 12.6. The largest absolute Gasteiger partial charge is 0.508 e. The van der Waals surface area contributed by atoms with Crippen LogP contribution in [-0.2, 0) is 0 Å². The maximum atomic E-state index is 12.2. The Morgan fingerprint density at radius 3 is 2.70 bits per heavy atom. The second kappa shape index (κ2) is 4.90. The minimum absolute atomic E-state index is 0.0543. The third kappa shape index (κ3) is 2.33. The molecule has 0 saturated carbocycles. The number of aromatic amines is 1. The predicted molar refractivity (Wildman–Crippen MR) is 79.4 cm³/mol. The number of aromatic nitrogens is 1. The van der Waals surface area contributed by atoms with Gasteiger partial charge in [-0.1, -0.05) is 29.8 Å². The molecule has 0 fully saturated rings. The molecule has 0 radical (unpaired) electrons. The second-order valence-electron chi connectivity index (χ2n) is 4.39. The average Bonchev–Trinajstić information content (AvgIpc) is 2.86. The van der Waals surface area contributed by atoms with Crippen LogP contribution in [0.2, 0.25) is 5.02 Å². The van der Waals surface area contributed by atoms with E-state index in [0.717, 1.165) is 10.9 Å². The number of carbonyl (C=O) groups is 1. The minimum atomic E-state index is -0.284. The lowest BCUT2D eigenvalue weighted by molar-refractivity contribution is 0.102. The first-order valence-electron chi connectivity index (χ1n) is 6.01. The number of H-pyrrole nitrogens is 1. The van der Waals surface area contributed by atoms with Gasteiger partial charge in [0.2, 0.25) is 0 Å². The molecule has 2 aromatic carbocycles. The van der Waals surface area contributed by atoms with Crippen molar-refractivity contribution < 1.29 is 9.90 Å². The highest BCUT2D eigenvalue weighted by atomic mass is 35.5. The van der Waals surface area contributed by atoms with E-state index in [4.69, 9.17) is 11.6 Å². The number of hydrogen-bond donors (Lipinski definition) is 3. The Bertz CT molecular complexity index is 762. The lowest BCUT2D eigenvalue weighted by Crippen LogP contribution is -2.12. The zero-order valence-corrected chi connectivity index (χ0v) is 11.1. The van der Waals surface area contributed by atoms with Gasteiger partial charge in [-0.25, -0.2) is 0 Å². The average molecular weight is 287 g/mol. The molecule has 5 heteroatoms. The number of nitrogens with one attached hydrogen (secondary N) is 2. The standard InChI is InChI=1S/C15H11ClN2O2/c16-11-8-10(19)5-6-13(11)18-15(20)14-7-9-3-1-2-4-12(9)17-14/h1-8,17,19H,(H,18,20). The highest BCUT2D eigenvalue weighted by Crippen LogP contribution is 2.26. The first-order chi connectivity index (χ1) is 9.63. The van der Waals surface area contributed by atoms with Crippen molar-refractivity contribution in [2.45, 2.75) is 0 Å². The SMILES string of the molecule is O=C(Nc1ccc(O)cc1Cl)c1cc2ccccc2[nH]1. The van der Waals surface area contributed by atoms with E-state index in [1.807, 2.05) is 24.3 Å². The van der Waals surface area contributed by atoms with Crippen molar-refractivity contribution in [1.29, 1.82) is 0 Å². The molecule has 1 amide bonds. The smallest absolute Gasteiger partial charge is 0.272 e. The topological polar surface area (TPSA) is 65.1 Å². The number of rotatable bonds is 2. The number of hydrogen-bond acceptors (Lipinski definition) is 2. The van der Waals surface area contributed by atoms with Crippen molar-refractivity contribution in [3.63, 3.8) is 0 Å². The van der Waals surface area contributed by atoms with Crippen LogP contribution in [0.5, 0.6) is 5.75 Å². The van der Waals surface area contributed by atoms with Crippen LogP contribution in [0.4, 0.5) is 5.69 Å². The van der Waals surface area contributed by atoms with Crippen molar-refractivity contribution in [3.8, 4) is 5.75 Å². The van der Waals surface area contributed by atoms with E-state index >= 15 is 0 Å². The van der Waals surface area contributed by atoms with Gasteiger partial charge in [-0.15, -0.1) is 0 Å². The van der Waals surface area contributed by atoms with Gasteiger partial charge in [-0.2, -0.15) is 0 Å². The normalized spacial score (nSPS) is 10.7. The Morgan fingerprint density at radius 2 is 1.95 bits per heavy atom. The maximum absolute atomic E-state index is 12.2. The van der Waals surface area contributed by atoms with Crippen LogP contribution in [0.25, 0.3) is 10.9 Å². The van der Waals surface area contributed by atoms with E-state index in [9.17, 15) is 9.90 Å². The molecular weight excluding hydrogens is 276 g/mol. The molecule has 0 atom stereocenters. The number of carbonyl (C=O) groups excluding carboxylic acids is 1. The van der Waals surface area contributed by atoms with Crippen molar-refractivity contribution in [3.05, 3.63) is 59.2 Å². The zero-order valence-electron chi connectivity index (χ0n) is 10.4. The molecule has 0 bridgehead atoms. The maximum Gasteiger partial charge on any atom is 0.272 e. The summed E-state index contributed by atoms with van der Waals surface area (Å²) in [6.07, 6.45) is 0. The van der Waals surface area contributed by atoms with E-state index in [1.54, 1.807) is 12.1 Å².